The second-order valence-corrected chi connectivity index (χ2v) is 8.08. The minimum absolute atomic E-state index is 0.156. The maximum absolute atomic E-state index is 12.0. The molecule has 3 aliphatic heterocycles. The van der Waals surface area contributed by atoms with E-state index in [0.29, 0.717) is 12.8 Å². The minimum Gasteiger partial charge on any atom is -0.372 e. The Bertz CT molecular complexity index is 661. The molecule has 3 heterocycles. The zero-order valence-corrected chi connectivity index (χ0v) is 16.0. The van der Waals surface area contributed by atoms with Crippen molar-refractivity contribution in [3.8, 4) is 0 Å². The molecule has 3 aliphatic rings. The second kappa shape index (κ2) is 8.40. The lowest BCUT2D eigenvalue weighted by molar-refractivity contribution is -0.134. The summed E-state index contributed by atoms with van der Waals surface area (Å²) < 4.78 is 0. The highest BCUT2D eigenvalue weighted by atomic mass is 16.2. The minimum atomic E-state index is -0.193. The molecule has 0 spiro atoms. The van der Waals surface area contributed by atoms with Crippen molar-refractivity contribution in [2.75, 3.05) is 50.7 Å². The van der Waals surface area contributed by atoms with Gasteiger partial charge in [0.25, 0.3) is 0 Å². The molecule has 1 aromatic rings. The summed E-state index contributed by atoms with van der Waals surface area (Å²) in [4.78, 5) is 28.4. The summed E-state index contributed by atoms with van der Waals surface area (Å²) in [5.41, 5.74) is 2.25. The van der Waals surface area contributed by atoms with E-state index < -0.39 is 0 Å². The number of hydrogen-bond donors (Lipinski definition) is 2. The first-order valence-electron chi connectivity index (χ1n) is 10.3. The van der Waals surface area contributed by atoms with E-state index in [1.165, 1.54) is 38.2 Å². The van der Waals surface area contributed by atoms with Crippen molar-refractivity contribution in [1.82, 2.24) is 15.5 Å². The van der Waals surface area contributed by atoms with Crippen molar-refractivity contribution >= 4 is 17.5 Å². The predicted molar refractivity (Wildman–Crippen MR) is 106 cm³/mol. The van der Waals surface area contributed by atoms with E-state index in [4.69, 9.17) is 0 Å². The molecule has 27 heavy (non-hydrogen) atoms. The number of nitrogens with zero attached hydrogens (tertiary/aromatic N) is 2. The van der Waals surface area contributed by atoms with Crippen molar-refractivity contribution in [3.05, 3.63) is 29.8 Å². The van der Waals surface area contributed by atoms with Crippen molar-refractivity contribution in [2.24, 2.45) is 5.92 Å². The molecular formula is C21H30N4O2. The van der Waals surface area contributed by atoms with E-state index in [1.54, 1.807) is 0 Å². The Balaban J connectivity index is 1.29. The Morgan fingerprint density at radius 3 is 2.30 bits per heavy atom. The molecule has 0 aromatic heterocycles. The first-order chi connectivity index (χ1) is 13.2. The smallest absolute Gasteiger partial charge is 0.234 e. The van der Waals surface area contributed by atoms with Gasteiger partial charge in [0.1, 0.15) is 0 Å². The van der Waals surface area contributed by atoms with Crippen molar-refractivity contribution in [1.29, 1.82) is 0 Å². The van der Waals surface area contributed by atoms with Crippen LogP contribution < -0.4 is 15.5 Å². The number of piperidine rings is 2. The lowest BCUT2D eigenvalue weighted by atomic mass is 9.90. The van der Waals surface area contributed by atoms with Crippen LogP contribution in [0.15, 0.2) is 24.3 Å². The quantitative estimate of drug-likeness (QED) is 0.783. The molecule has 146 valence electrons. The standard InChI is InChI=1S/C21H30N4O2/c26-20-6-5-19(21(27)23-20)17-1-3-18(4-2-17)25-11-7-16(8-12-25)15-24-13-9-22-10-14-24/h1-4,16,19,22H,5-15H2,(H,23,26,27). The lowest BCUT2D eigenvalue weighted by Gasteiger charge is -2.37. The number of amides is 2. The van der Waals surface area contributed by atoms with Gasteiger partial charge in [0.15, 0.2) is 0 Å². The van der Waals surface area contributed by atoms with Gasteiger partial charge < -0.3 is 15.1 Å². The van der Waals surface area contributed by atoms with E-state index in [2.05, 4.69) is 44.7 Å². The van der Waals surface area contributed by atoms with Crippen LogP contribution in [0.25, 0.3) is 0 Å². The molecule has 2 N–H and O–H groups in total. The number of carbonyl (C=O) groups is 2. The third kappa shape index (κ3) is 4.50. The van der Waals surface area contributed by atoms with Gasteiger partial charge in [0, 0.05) is 57.9 Å². The predicted octanol–water partition coefficient (Wildman–Crippen LogP) is 1.33. The van der Waals surface area contributed by atoms with E-state index >= 15 is 0 Å². The maximum atomic E-state index is 12.0. The second-order valence-electron chi connectivity index (χ2n) is 8.08. The molecule has 0 radical (unpaired) electrons. The van der Waals surface area contributed by atoms with E-state index in [-0.39, 0.29) is 17.7 Å². The summed E-state index contributed by atoms with van der Waals surface area (Å²) in [5, 5.41) is 5.87. The average molecular weight is 370 g/mol. The van der Waals surface area contributed by atoms with Gasteiger partial charge in [-0.05, 0) is 42.9 Å². The van der Waals surface area contributed by atoms with Crippen LogP contribution in [0.3, 0.4) is 0 Å². The highest BCUT2D eigenvalue weighted by molar-refractivity contribution is 6.00. The molecule has 4 rings (SSSR count). The number of piperazine rings is 1. The monoisotopic (exact) mass is 370 g/mol. The SMILES string of the molecule is O=C1CCC(c2ccc(N3CCC(CN4CCNCC4)CC3)cc2)C(=O)N1. The van der Waals surface area contributed by atoms with Crippen LogP contribution in [0.4, 0.5) is 5.69 Å². The number of carbonyl (C=O) groups excluding carboxylic acids is 2. The fraction of sp³-hybridized carbons (Fsp3) is 0.619. The number of anilines is 1. The zero-order valence-electron chi connectivity index (χ0n) is 16.0. The van der Waals surface area contributed by atoms with Gasteiger partial charge in [-0.25, -0.2) is 0 Å². The first-order valence-corrected chi connectivity index (χ1v) is 10.3. The topological polar surface area (TPSA) is 64.7 Å². The van der Waals surface area contributed by atoms with E-state index in [9.17, 15) is 9.59 Å². The third-order valence-corrected chi connectivity index (χ3v) is 6.24. The Morgan fingerprint density at radius 1 is 0.926 bits per heavy atom. The number of imide groups is 1. The fourth-order valence-electron chi connectivity index (χ4n) is 4.56. The van der Waals surface area contributed by atoms with Gasteiger partial charge in [-0.3, -0.25) is 14.9 Å². The molecule has 0 saturated carbocycles. The van der Waals surface area contributed by atoms with Crippen LogP contribution >= 0.6 is 0 Å². The summed E-state index contributed by atoms with van der Waals surface area (Å²) in [6.07, 6.45) is 3.54. The Hall–Kier alpha value is -1.92. The largest absolute Gasteiger partial charge is 0.372 e. The molecule has 1 unspecified atom stereocenters. The van der Waals surface area contributed by atoms with Crippen LogP contribution in [0.2, 0.25) is 0 Å². The summed E-state index contributed by atoms with van der Waals surface area (Å²) in [6.45, 7) is 8.06. The van der Waals surface area contributed by atoms with E-state index in [1.807, 2.05) is 0 Å². The van der Waals surface area contributed by atoms with Crippen LogP contribution in [0.5, 0.6) is 0 Å². The summed E-state index contributed by atoms with van der Waals surface area (Å²) in [5.74, 6) is 0.299. The highest BCUT2D eigenvalue weighted by Crippen LogP contribution is 2.29. The van der Waals surface area contributed by atoms with Crippen molar-refractivity contribution < 1.29 is 9.59 Å². The molecule has 3 saturated heterocycles. The molecule has 0 aliphatic carbocycles. The normalized spacial score (nSPS) is 25.5. The Labute approximate surface area is 161 Å². The van der Waals surface area contributed by atoms with Crippen molar-refractivity contribution in [3.63, 3.8) is 0 Å². The Kier molecular flexibility index (Phi) is 5.74. The molecule has 3 fully saturated rings. The van der Waals surface area contributed by atoms with Gasteiger partial charge in [0.05, 0.1) is 5.92 Å². The highest BCUT2D eigenvalue weighted by Gasteiger charge is 2.28. The number of benzene rings is 1. The average Bonchev–Trinajstić information content (AvgIpc) is 2.70. The first kappa shape index (κ1) is 18.4. The molecule has 6 nitrogen and oxygen atoms in total. The van der Waals surface area contributed by atoms with Crippen LogP contribution in [-0.2, 0) is 9.59 Å². The van der Waals surface area contributed by atoms with Crippen LogP contribution in [0.1, 0.15) is 37.2 Å². The molecule has 1 atom stereocenters. The van der Waals surface area contributed by atoms with E-state index in [0.717, 1.165) is 37.7 Å². The Morgan fingerprint density at radius 2 is 1.63 bits per heavy atom. The molecule has 0 bridgehead atoms. The summed E-state index contributed by atoms with van der Waals surface area (Å²) in [6, 6.07) is 8.38. The lowest BCUT2D eigenvalue weighted by Crippen LogP contribution is -2.46. The van der Waals surface area contributed by atoms with Gasteiger partial charge in [-0.2, -0.15) is 0 Å². The van der Waals surface area contributed by atoms with Gasteiger partial charge in [-0.15, -0.1) is 0 Å². The summed E-state index contributed by atoms with van der Waals surface area (Å²) >= 11 is 0. The number of nitrogens with one attached hydrogen (secondary N) is 2. The fourth-order valence-corrected chi connectivity index (χ4v) is 4.56. The molecule has 1 aromatic carbocycles. The molecule has 2 amide bonds. The van der Waals surface area contributed by atoms with Crippen LogP contribution in [-0.4, -0.2) is 62.5 Å². The third-order valence-electron chi connectivity index (χ3n) is 6.24. The van der Waals surface area contributed by atoms with Gasteiger partial charge in [-0.1, -0.05) is 12.1 Å². The van der Waals surface area contributed by atoms with Gasteiger partial charge >= 0.3 is 0 Å². The molecular weight excluding hydrogens is 340 g/mol. The number of rotatable bonds is 4. The van der Waals surface area contributed by atoms with Gasteiger partial charge in [0.2, 0.25) is 11.8 Å². The number of hydrogen-bond acceptors (Lipinski definition) is 5. The maximum Gasteiger partial charge on any atom is 0.234 e. The molecule has 6 heteroatoms. The zero-order chi connectivity index (χ0) is 18.6. The van der Waals surface area contributed by atoms with Crippen molar-refractivity contribution in [2.45, 2.75) is 31.6 Å². The van der Waals surface area contributed by atoms with Crippen LogP contribution in [0, 0.1) is 5.92 Å². The summed E-state index contributed by atoms with van der Waals surface area (Å²) in [7, 11) is 0.